The lowest BCUT2D eigenvalue weighted by atomic mass is 9.92. The molecule has 108 valence electrons. The third-order valence-corrected chi connectivity index (χ3v) is 3.67. The molecule has 0 aliphatic carbocycles. The lowest BCUT2D eigenvalue weighted by molar-refractivity contribution is -0.385. The molecule has 0 bridgehead atoms. The highest BCUT2D eigenvalue weighted by molar-refractivity contribution is 5.93. The van der Waals surface area contributed by atoms with Gasteiger partial charge in [0.25, 0.3) is 5.69 Å². The van der Waals surface area contributed by atoms with Gasteiger partial charge in [-0.3, -0.25) is 14.9 Å². The van der Waals surface area contributed by atoms with Gasteiger partial charge in [0.15, 0.2) is 0 Å². The number of nitro benzene ring substituents is 1. The molecule has 0 spiro atoms. The van der Waals surface area contributed by atoms with E-state index in [1.807, 2.05) is 0 Å². The summed E-state index contributed by atoms with van der Waals surface area (Å²) < 4.78 is 0. The van der Waals surface area contributed by atoms with E-state index in [0.717, 1.165) is 19.4 Å². The number of hydrogen-bond acceptors (Lipinski definition) is 4. The van der Waals surface area contributed by atoms with Crippen molar-refractivity contribution in [3.8, 4) is 0 Å². The van der Waals surface area contributed by atoms with Crippen LogP contribution in [-0.4, -0.2) is 23.4 Å². The molecule has 1 aromatic carbocycles. The SMILES string of the molecule is Cc1ccc(NC(=O)[C@H]2CCN[C@@H](C)C2)cc1[N+](=O)[O-]. The number of nitrogens with zero attached hydrogens (tertiary/aromatic N) is 1. The molecule has 0 unspecified atom stereocenters. The molecule has 0 saturated carbocycles. The van der Waals surface area contributed by atoms with Gasteiger partial charge in [-0.15, -0.1) is 0 Å². The van der Waals surface area contributed by atoms with Gasteiger partial charge in [-0.2, -0.15) is 0 Å². The average Bonchev–Trinajstić information content (AvgIpc) is 2.40. The number of nitrogens with one attached hydrogen (secondary N) is 2. The summed E-state index contributed by atoms with van der Waals surface area (Å²) in [5, 5.41) is 17.0. The van der Waals surface area contributed by atoms with Crippen LogP contribution in [-0.2, 0) is 4.79 Å². The van der Waals surface area contributed by atoms with E-state index in [9.17, 15) is 14.9 Å². The molecule has 0 radical (unpaired) electrons. The molecule has 1 aliphatic heterocycles. The fraction of sp³-hybridized carbons (Fsp3) is 0.500. The average molecular weight is 277 g/mol. The maximum atomic E-state index is 12.2. The largest absolute Gasteiger partial charge is 0.326 e. The van der Waals surface area contributed by atoms with E-state index in [0.29, 0.717) is 17.3 Å². The Bertz CT molecular complexity index is 530. The van der Waals surface area contributed by atoms with E-state index < -0.39 is 4.92 Å². The second kappa shape index (κ2) is 6.00. The second-order valence-corrected chi connectivity index (χ2v) is 5.32. The van der Waals surface area contributed by atoms with Crippen molar-refractivity contribution in [1.29, 1.82) is 0 Å². The Morgan fingerprint density at radius 1 is 1.50 bits per heavy atom. The van der Waals surface area contributed by atoms with Crippen LogP contribution < -0.4 is 10.6 Å². The third-order valence-electron chi connectivity index (χ3n) is 3.67. The number of anilines is 1. The summed E-state index contributed by atoms with van der Waals surface area (Å²) in [5.41, 5.74) is 1.10. The van der Waals surface area contributed by atoms with Gasteiger partial charge < -0.3 is 10.6 Å². The first-order chi connectivity index (χ1) is 9.47. The molecule has 1 aliphatic rings. The molecule has 20 heavy (non-hydrogen) atoms. The molecule has 1 saturated heterocycles. The predicted molar refractivity (Wildman–Crippen MR) is 76.7 cm³/mol. The Morgan fingerprint density at radius 2 is 2.25 bits per heavy atom. The number of rotatable bonds is 3. The van der Waals surface area contributed by atoms with Gasteiger partial charge in [-0.05, 0) is 39.3 Å². The summed E-state index contributed by atoms with van der Waals surface area (Å²) in [6.07, 6.45) is 1.59. The van der Waals surface area contributed by atoms with E-state index in [4.69, 9.17) is 0 Å². The lowest BCUT2D eigenvalue weighted by Gasteiger charge is -2.27. The fourth-order valence-corrected chi connectivity index (χ4v) is 2.50. The molecule has 6 heteroatoms. The van der Waals surface area contributed by atoms with E-state index in [2.05, 4.69) is 17.6 Å². The normalized spacial score (nSPS) is 22.3. The molecule has 1 amide bonds. The molecule has 1 fully saturated rings. The van der Waals surface area contributed by atoms with Crippen molar-refractivity contribution in [2.24, 2.45) is 5.92 Å². The topological polar surface area (TPSA) is 84.3 Å². The van der Waals surface area contributed by atoms with Crippen molar-refractivity contribution < 1.29 is 9.72 Å². The zero-order chi connectivity index (χ0) is 14.7. The van der Waals surface area contributed by atoms with Gasteiger partial charge in [0.2, 0.25) is 5.91 Å². The Kier molecular flexibility index (Phi) is 4.34. The molecule has 0 aromatic heterocycles. The van der Waals surface area contributed by atoms with Crippen molar-refractivity contribution in [1.82, 2.24) is 5.32 Å². The monoisotopic (exact) mass is 277 g/mol. The third kappa shape index (κ3) is 3.33. The van der Waals surface area contributed by atoms with Crippen LogP contribution in [0.2, 0.25) is 0 Å². The first kappa shape index (κ1) is 14.5. The van der Waals surface area contributed by atoms with Crippen LogP contribution in [0.5, 0.6) is 0 Å². The Morgan fingerprint density at radius 3 is 2.90 bits per heavy atom. The zero-order valence-corrected chi connectivity index (χ0v) is 11.7. The Hall–Kier alpha value is -1.95. The summed E-state index contributed by atoms with van der Waals surface area (Å²) in [7, 11) is 0. The second-order valence-electron chi connectivity index (χ2n) is 5.32. The van der Waals surface area contributed by atoms with Crippen molar-refractivity contribution in [3.63, 3.8) is 0 Å². The van der Waals surface area contributed by atoms with Crippen molar-refractivity contribution in [3.05, 3.63) is 33.9 Å². The smallest absolute Gasteiger partial charge is 0.274 e. The summed E-state index contributed by atoms with van der Waals surface area (Å²) >= 11 is 0. The Balaban J connectivity index is 2.07. The number of amides is 1. The van der Waals surface area contributed by atoms with E-state index in [1.54, 1.807) is 19.1 Å². The number of nitro groups is 1. The van der Waals surface area contributed by atoms with Gasteiger partial charge in [0, 0.05) is 29.3 Å². The summed E-state index contributed by atoms with van der Waals surface area (Å²) in [6.45, 7) is 4.56. The van der Waals surface area contributed by atoms with Gasteiger partial charge >= 0.3 is 0 Å². The highest BCUT2D eigenvalue weighted by Gasteiger charge is 2.25. The molecular weight excluding hydrogens is 258 g/mol. The first-order valence-corrected chi connectivity index (χ1v) is 6.76. The van der Waals surface area contributed by atoms with Gasteiger partial charge in [0.1, 0.15) is 0 Å². The van der Waals surface area contributed by atoms with Crippen LogP contribution in [0.4, 0.5) is 11.4 Å². The molecule has 6 nitrogen and oxygen atoms in total. The lowest BCUT2D eigenvalue weighted by Crippen LogP contribution is -2.40. The maximum Gasteiger partial charge on any atom is 0.274 e. The molecule has 2 N–H and O–H groups in total. The first-order valence-electron chi connectivity index (χ1n) is 6.76. The van der Waals surface area contributed by atoms with Crippen molar-refractivity contribution in [2.75, 3.05) is 11.9 Å². The van der Waals surface area contributed by atoms with Crippen LogP contribution in [0.1, 0.15) is 25.3 Å². The number of carbonyl (C=O) groups excluding carboxylic acids is 1. The summed E-state index contributed by atoms with van der Waals surface area (Å²) in [4.78, 5) is 22.6. The standard InChI is InChI=1S/C14H19N3O3/c1-9-3-4-12(8-13(9)17(19)20)16-14(18)11-5-6-15-10(2)7-11/h3-4,8,10-11,15H,5-7H2,1-2H3,(H,16,18)/t10-,11-/m0/s1. The number of aryl methyl sites for hydroxylation is 1. The predicted octanol–water partition coefficient (Wildman–Crippen LogP) is 2.23. The molecule has 2 atom stereocenters. The van der Waals surface area contributed by atoms with E-state index in [1.165, 1.54) is 6.07 Å². The number of piperidine rings is 1. The minimum Gasteiger partial charge on any atom is -0.326 e. The van der Waals surface area contributed by atoms with E-state index >= 15 is 0 Å². The van der Waals surface area contributed by atoms with Crippen LogP contribution in [0.15, 0.2) is 18.2 Å². The van der Waals surface area contributed by atoms with E-state index in [-0.39, 0.29) is 17.5 Å². The molecule has 1 heterocycles. The quantitative estimate of drug-likeness (QED) is 0.655. The molecular formula is C14H19N3O3. The molecule has 2 rings (SSSR count). The van der Waals surface area contributed by atoms with Gasteiger partial charge in [-0.25, -0.2) is 0 Å². The number of benzene rings is 1. The minimum absolute atomic E-state index is 0.0291. The van der Waals surface area contributed by atoms with Crippen LogP contribution >= 0.6 is 0 Å². The number of carbonyl (C=O) groups is 1. The van der Waals surface area contributed by atoms with Crippen LogP contribution in [0.25, 0.3) is 0 Å². The summed E-state index contributed by atoms with van der Waals surface area (Å²) in [5.74, 6) is -0.0943. The van der Waals surface area contributed by atoms with Crippen molar-refractivity contribution in [2.45, 2.75) is 32.7 Å². The fourth-order valence-electron chi connectivity index (χ4n) is 2.50. The maximum absolute atomic E-state index is 12.2. The summed E-state index contributed by atoms with van der Waals surface area (Å²) in [6, 6.07) is 5.09. The van der Waals surface area contributed by atoms with Crippen molar-refractivity contribution >= 4 is 17.3 Å². The molecule has 1 aromatic rings. The zero-order valence-electron chi connectivity index (χ0n) is 11.7. The van der Waals surface area contributed by atoms with Gasteiger partial charge in [-0.1, -0.05) is 6.07 Å². The Labute approximate surface area is 117 Å². The van der Waals surface area contributed by atoms with Gasteiger partial charge in [0.05, 0.1) is 4.92 Å². The van der Waals surface area contributed by atoms with Crippen LogP contribution in [0.3, 0.4) is 0 Å². The highest BCUT2D eigenvalue weighted by Crippen LogP contribution is 2.24. The highest BCUT2D eigenvalue weighted by atomic mass is 16.6. The number of hydrogen-bond donors (Lipinski definition) is 2. The minimum atomic E-state index is -0.433. The van der Waals surface area contributed by atoms with Crippen LogP contribution in [0, 0.1) is 23.0 Å².